The van der Waals surface area contributed by atoms with E-state index in [1.165, 1.54) is 0 Å². The maximum atomic E-state index is 12.2. The predicted octanol–water partition coefficient (Wildman–Crippen LogP) is 2.50. The van der Waals surface area contributed by atoms with Gasteiger partial charge in [0.2, 0.25) is 0 Å². The molecule has 4 heteroatoms. The normalized spacial score (nSPS) is 23.6. The molecule has 1 aromatic rings. The Labute approximate surface area is 118 Å². The first kappa shape index (κ1) is 13.4. The lowest BCUT2D eigenvalue weighted by molar-refractivity contribution is -0.0229. The van der Waals surface area contributed by atoms with Crippen molar-refractivity contribution >= 4 is 5.78 Å². The molecule has 0 fully saturated rings. The third-order valence-corrected chi connectivity index (χ3v) is 3.90. The fourth-order valence-electron chi connectivity index (χ4n) is 2.78. The van der Waals surface area contributed by atoms with Crippen LogP contribution >= 0.6 is 0 Å². The van der Waals surface area contributed by atoms with Gasteiger partial charge in [-0.3, -0.25) is 4.79 Å². The number of hydrogen-bond acceptors (Lipinski definition) is 4. The summed E-state index contributed by atoms with van der Waals surface area (Å²) < 4.78 is 11.7. The van der Waals surface area contributed by atoms with E-state index in [4.69, 9.17) is 9.47 Å². The molecular weight excluding hydrogens is 256 g/mol. The van der Waals surface area contributed by atoms with E-state index in [1.54, 1.807) is 19.9 Å². The summed E-state index contributed by atoms with van der Waals surface area (Å²) in [6, 6.07) is 3.64. The molecule has 0 radical (unpaired) electrons. The van der Waals surface area contributed by atoms with Gasteiger partial charge in [-0.05, 0) is 39.8 Å². The molecule has 3 rings (SSSR count). The quantitative estimate of drug-likeness (QED) is 0.856. The second-order valence-electron chi connectivity index (χ2n) is 6.88. The standard InChI is InChI=1S/C16H20O4/c1-15(2)8-11(17)10-7-12-9(5-13(10)20-15)6-14(19-12)16(3,4)18/h5,7,14,18H,6,8H2,1-4H3/t14-/m0/s1. The maximum absolute atomic E-state index is 12.2. The van der Waals surface area contributed by atoms with Crippen molar-refractivity contribution in [3.63, 3.8) is 0 Å². The van der Waals surface area contributed by atoms with Crippen molar-refractivity contribution in [1.82, 2.24) is 0 Å². The molecule has 0 unspecified atom stereocenters. The smallest absolute Gasteiger partial charge is 0.170 e. The number of aliphatic hydroxyl groups is 1. The average Bonchev–Trinajstić information content (AvgIpc) is 2.67. The Bertz CT molecular complexity index is 581. The average molecular weight is 276 g/mol. The van der Waals surface area contributed by atoms with Crippen LogP contribution in [0.5, 0.6) is 11.5 Å². The third kappa shape index (κ3) is 2.18. The van der Waals surface area contributed by atoms with Crippen LogP contribution < -0.4 is 9.47 Å². The highest BCUT2D eigenvalue weighted by atomic mass is 16.5. The minimum absolute atomic E-state index is 0.0781. The van der Waals surface area contributed by atoms with E-state index in [-0.39, 0.29) is 11.9 Å². The van der Waals surface area contributed by atoms with Gasteiger partial charge in [-0.2, -0.15) is 0 Å². The molecule has 0 amide bonds. The zero-order chi connectivity index (χ0) is 14.7. The van der Waals surface area contributed by atoms with Crippen LogP contribution in [0.25, 0.3) is 0 Å². The Kier molecular flexibility index (Phi) is 2.67. The van der Waals surface area contributed by atoms with Crippen molar-refractivity contribution in [2.45, 2.75) is 57.8 Å². The summed E-state index contributed by atoms with van der Waals surface area (Å²) >= 11 is 0. The molecule has 0 bridgehead atoms. The van der Waals surface area contributed by atoms with Crippen LogP contribution in [0.3, 0.4) is 0 Å². The molecule has 0 aromatic heterocycles. The Hall–Kier alpha value is -1.55. The van der Waals surface area contributed by atoms with Gasteiger partial charge in [0.15, 0.2) is 5.78 Å². The Morgan fingerprint density at radius 1 is 1.30 bits per heavy atom. The van der Waals surface area contributed by atoms with Crippen LogP contribution in [0.2, 0.25) is 0 Å². The summed E-state index contributed by atoms with van der Waals surface area (Å²) in [5.41, 5.74) is 0.192. The summed E-state index contributed by atoms with van der Waals surface area (Å²) in [4.78, 5) is 12.2. The van der Waals surface area contributed by atoms with Crippen LogP contribution in [0.1, 0.15) is 50.0 Å². The van der Waals surface area contributed by atoms with E-state index in [1.807, 2.05) is 19.9 Å². The van der Waals surface area contributed by atoms with Crippen molar-refractivity contribution in [2.24, 2.45) is 0 Å². The molecule has 20 heavy (non-hydrogen) atoms. The van der Waals surface area contributed by atoms with E-state index in [2.05, 4.69) is 0 Å². The molecule has 4 nitrogen and oxygen atoms in total. The molecule has 0 saturated carbocycles. The molecule has 0 aliphatic carbocycles. The van der Waals surface area contributed by atoms with E-state index < -0.39 is 11.2 Å². The monoisotopic (exact) mass is 276 g/mol. The van der Waals surface area contributed by atoms with E-state index >= 15 is 0 Å². The molecule has 1 N–H and O–H groups in total. The molecule has 2 aliphatic heterocycles. The molecule has 1 atom stereocenters. The summed E-state index contributed by atoms with van der Waals surface area (Å²) in [5, 5.41) is 10.1. The molecule has 2 heterocycles. The Morgan fingerprint density at radius 3 is 2.65 bits per heavy atom. The first-order valence-corrected chi connectivity index (χ1v) is 6.94. The minimum atomic E-state index is -0.913. The fraction of sp³-hybridized carbons (Fsp3) is 0.562. The first-order chi connectivity index (χ1) is 9.16. The lowest BCUT2D eigenvalue weighted by atomic mass is 9.91. The number of ketones is 1. The summed E-state index contributed by atoms with van der Waals surface area (Å²) in [6.45, 7) is 7.29. The van der Waals surface area contributed by atoms with Gasteiger partial charge >= 0.3 is 0 Å². The van der Waals surface area contributed by atoms with Crippen LogP contribution in [-0.2, 0) is 6.42 Å². The molecule has 2 aliphatic rings. The largest absolute Gasteiger partial charge is 0.487 e. The Balaban J connectivity index is 1.99. The SMILES string of the molecule is CC1(C)CC(=O)c2cc3c(cc2O1)C[C@@H](C(C)(C)O)O3. The summed E-state index contributed by atoms with van der Waals surface area (Å²) in [6.07, 6.45) is 0.710. The van der Waals surface area contributed by atoms with Gasteiger partial charge in [-0.15, -0.1) is 0 Å². The van der Waals surface area contributed by atoms with E-state index in [0.717, 1.165) is 5.56 Å². The molecule has 108 valence electrons. The summed E-state index contributed by atoms with van der Waals surface area (Å²) in [7, 11) is 0. The van der Waals surface area contributed by atoms with Crippen molar-refractivity contribution in [3.8, 4) is 11.5 Å². The van der Waals surface area contributed by atoms with Crippen molar-refractivity contribution in [1.29, 1.82) is 0 Å². The van der Waals surface area contributed by atoms with Crippen molar-refractivity contribution in [3.05, 3.63) is 23.3 Å². The van der Waals surface area contributed by atoms with Gasteiger partial charge in [-0.25, -0.2) is 0 Å². The number of fused-ring (bicyclic) bond motifs is 2. The maximum Gasteiger partial charge on any atom is 0.170 e. The lowest BCUT2D eigenvalue weighted by Crippen LogP contribution is -2.39. The number of Topliss-reactive ketones (excluding diaryl/α,β-unsaturated/α-hetero) is 1. The predicted molar refractivity (Wildman–Crippen MR) is 74.5 cm³/mol. The topological polar surface area (TPSA) is 55.8 Å². The zero-order valence-corrected chi connectivity index (χ0v) is 12.3. The van der Waals surface area contributed by atoms with Crippen LogP contribution in [0, 0.1) is 0 Å². The third-order valence-electron chi connectivity index (χ3n) is 3.90. The van der Waals surface area contributed by atoms with Gasteiger partial charge in [0.1, 0.15) is 23.2 Å². The highest BCUT2D eigenvalue weighted by Gasteiger charge is 2.38. The van der Waals surface area contributed by atoms with Crippen molar-refractivity contribution < 1.29 is 19.4 Å². The number of benzene rings is 1. The highest BCUT2D eigenvalue weighted by Crippen LogP contribution is 2.41. The van der Waals surface area contributed by atoms with Gasteiger partial charge in [0, 0.05) is 12.0 Å². The van der Waals surface area contributed by atoms with Gasteiger partial charge in [-0.1, -0.05) is 0 Å². The first-order valence-electron chi connectivity index (χ1n) is 6.94. The number of hydrogen-bond donors (Lipinski definition) is 1. The number of rotatable bonds is 1. The minimum Gasteiger partial charge on any atom is -0.487 e. The van der Waals surface area contributed by atoms with E-state index in [9.17, 15) is 9.90 Å². The number of carbonyl (C=O) groups excluding carboxylic acids is 1. The molecule has 1 aromatic carbocycles. The summed E-state index contributed by atoms with van der Waals surface area (Å²) in [5.74, 6) is 1.40. The number of ether oxygens (including phenoxy) is 2. The van der Waals surface area contributed by atoms with Crippen molar-refractivity contribution in [2.75, 3.05) is 0 Å². The Morgan fingerprint density at radius 2 is 2.00 bits per heavy atom. The van der Waals surface area contributed by atoms with Gasteiger partial charge in [0.05, 0.1) is 17.6 Å². The van der Waals surface area contributed by atoms with Gasteiger partial charge in [0.25, 0.3) is 0 Å². The second-order valence-corrected chi connectivity index (χ2v) is 6.88. The van der Waals surface area contributed by atoms with Crippen LogP contribution in [0.15, 0.2) is 12.1 Å². The second kappa shape index (κ2) is 3.98. The highest BCUT2D eigenvalue weighted by molar-refractivity contribution is 6.00. The molecular formula is C16H20O4. The van der Waals surface area contributed by atoms with Crippen LogP contribution in [0.4, 0.5) is 0 Å². The fourth-order valence-corrected chi connectivity index (χ4v) is 2.78. The van der Waals surface area contributed by atoms with E-state index in [0.29, 0.717) is 29.9 Å². The molecule has 0 saturated heterocycles. The number of carbonyl (C=O) groups is 1. The van der Waals surface area contributed by atoms with Crippen LogP contribution in [-0.4, -0.2) is 28.2 Å². The molecule has 0 spiro atoms. The lowest BCUT2D eigenvalue weighted by Gasteiger charge is -2.31. The van der Waals surface area contributed by atoms with Gasteiger partial charge < -0.3 is 14.6 Å². The zero-order valence-electron chi connectivity index (χ0n) is 12.3.